The third-order valence-corrected chi connectivity index (χ3v) is 4.47. The van der Waals surface area contributed by atoms with E-state index in [1.807, 2.05) is 11.8 Å². The first-order chi connectivity index (χ1) is 9.10. The number of carbonyl (C=O) groups is 1. The Balaban J connectivity index is 1.87. The number of aliphatic hydroxyl groups excluding tert-OH is 1. The zero-order valence-corrected chi connectivity index (χ0v) is 12.1. The Hall–Kier alpha value is -0.650. The average Bonchev–Trinajstić information content (AvgIpc) is 2.88. The van der Waals surface area contributed by atoms with Crippen LogP contribution in [0.5, 0.6) is 0 Å². The van der Waals surface area contributed by atoms with Crippen LogP contribution in [-0.4, -0.2) is 71.8 Å². The van der Waals surface area contributed by atoms with E-state index in [9.17, 15) is 9.90 Å². The van der Waals surface area contributed by atoms with Crippen molar-refractivity contribution >= 4 is 5.91 Å². The minimum atomic E-state index is -0.594. The molecule has 1 amide bonds. The highest BCUT2D eigenvalue weighted by atomic mass is 16.5. The number of nitrogens with zero attached hydrogens (tertiary/aromatic N) is 2. The maximum atomic E-state index is 12.5. The van der Waals surface area contributed by atoms with Crippen molar-refractivity contribution in [2.45, 2.75) is 44.8 Å². The molecule has 0 aromatic rings. The molecule has 2 heterocycles. The standard InChI is InChI=1S/C14H26N2O3/c1-3-12(11-17)15-6-8-16(9-7-15)13(18)14(2)5-4-10-19-14/h12,17H,3-11H2,1-2H3. The molecule has 1 N–H and O–H groups in total. The molecule has 0 spiro atoms. The van der Waals surface area contributed by atoms with Gasteiger partial charge in [0.25, 0.3) is 5.91 Å². The third-order valence-electron chi connectivity index (χ3n) is 4.47. The van der Waals surface area contributed by atoms with Crippen LogP contribution in [0.15, 0.2) is 0 Å². The van der Waals surface area contributed by atoms with Crippen molar-refractivity contribution in [3.05, 3.63) is 0 Å². The summed E-state index contributed by atoms with van der Waals surface area (Å²) < 4.78 is 5.63. The number of rotatable bonds is 4. The first kappa shape index (κ1) is 14.8. The lowest BCUT2D eigenvalue weighted by Crippen LogP contribution is -2.56. The molecule has 5 nitrogen and oxygen atoms in total. The average molecular weight is 270 g/mol. The van der Waals surface area contributed by atoms with E-state index in [1.165, 1.54) is 0 Å². The van der Waals surface area contributed by atoms with Gasteiger partial charge in [-0.2, -0.15) is 0 Å². The quantitative estimate of drug-likeness (QED) is 0.807. The first-order valence-electron chi connectivity index (χ1n) is 7.39. The molecule has 2 atom stereocenters. The highest BCUT2D eigenvalue weighted by molar-refractivity contribution is 5.85. The van der Waals surface area contributed by atoms with E-state index in [-0.39, 0.29) is 18.6 Å². The van der Waals surface area contributed by atoms with Crippen LogP contribution in [0, 0.1) is 0 Å². The van der Waals surface area contributed by atoms with Crippen LogP contribution in [0.3, 0.4) is 0 Å². The van der Waals surface area contributed by atoms with Gasteiger partial charge in [-0.05, 0) is 26.2 Å². The van der Waals surface area contributed by atoms with Gasteiger partial charge >= 0.3 is 0 Å². The van der Waals surface area contributed by atoms with Crippen LogP contribution in [0.25, 0.3) is 0 Å². The van der Waals surface area contributed by atoms with Gasteiger partial charge in [-0.1, -0.05) is 6.92 Å². The Morgan fingerprint density at radius 3 is 2.53 bits per heavy atom. The van der Waals surface area contributed by atoms with Crippen molar-refractivity contribution in [1.29, 1.82) is 0 Å². The summed E-state index contributed by atoms with van der Waals surface area (Å²) in [5, 5.41) is 9.32. The predicted octanol–water partition coefficient (Wildman–Crippen LogP) is 0.471. The van der Waals surface area contributed by atoms with Crippen LogP contribution < -0.4 is 0 Å². The summed E-state index contributed by atoms with van der Waals surface area (Å²) >= 11 is 0. The molecular weight excluding hydrogens is 244 g/mol. The smallest absolute Gasteiger partial charge is 0.254 e. The zero-order chi connectivity index (χ0) is 13.9. The van der Waals surface area contributed by atoms with Crippen LogP contribution >= 0.6 is 0 Å². The fourth-order valence-electron chi connectivity index (χ4n) is 3.08. The molecule has 0 radical (unpaired) electrons. The summed E-state index contributed by atoms with van der Waals surface area (Å²) in [6, 6.07) is 0.232. The van der Waals surface area contributed by atoms with Gasteiger partial charge in [0.05, 0.1) is 6.61 Å². The number of hydrogen-bond donors (Lipinski definition) is 1. The minimum absolute atomic E-state index is 0.140. The molecule has 0 aromatic heterocycles. The third kappa shape index (κ3) is 3.09. The van der Waals surface area contributed by atoms with E-state index in [1.54, 1.807) is 0 Å². The topological polar surface area (TPSA) is 53.0 Å². The fraction of sp³-hybridized carbons (Fsp3) is 0.929. The number of ether oxygens (including phenoxy) is 1. The Kier molecular flexibility index (Phi) is 4.81. The molecule has 2 rings (SSSR count). The van der Waals surface area contributed by atoms with E-state index in [0.29, 0.717) is 6.61 Å². The Morgan fingerprint density at radius 1 is 1.37 bits per heavy atom. The van der Waals surface area contributed by atoms with Crippen molar-refractivity contribution in [1.82, 2.24) is 9.80 Å². The number of piperazine rings is 1. The molecule has 2 aliphatic heterocycles. The lowest BCUT2D eigenvalue weighted by atomic mass is 10.0. The molecule has 2 aliphatic rings. The van der Waals surface area contributed by atoms with Crippen molar-refractivity contribution < 1.29 is 14.6 Å². The lowest BCUT2D eigenvalue weighted by Gasteiger charge is -2.40. The van der Waals surface area contributed by atoms with Gasteiger partial charge in [0.2, 0.25) is 0 Å². The normalized spacial score (nSPS) is 30.6. The molecule has 5 heteroatoms. The van der Waals surface area contributed by atoms with Gasteiger partial charge in [-0.25, -0.2) is 0 Å². The van der Waals surface area contributed by atoms with E-state index >= 15 is 0 Å². The van der Waals surface area contributed by atoms with Gasteiger partial charge < -0.3 is 14.7 Å². The Bertz CT molecular complexity index is 304. The highest BCUT2D eigenvalue weighted by Gasteiger charge is 2.41. The summed E-state index contributed by atoms with van der Waals surface area (Å²) in [5.41, 5.74) is -0.594. The predicted molar refractivity (Wildman–Crippen MR) is 72.9 cm³/mol. The Morgan fingerprint density at radius 2 is 2.05 bits per heavy atom. The van der Waals surface area contributed by atoms with E-state index in [2.05, 4.69) is 11.8 Å². The molecule has 0 saturated carbocycles. The van der Waals surface area contributed by atoms with Crippen molar-refractivity contribution in [2.24, 2.45) is 0 Å². The van der Waals surface area contributed by atoms with Gasteiger partial charge in [-0.3, -0.25) is 9.69 Å². The summed E-state index contributed by atoms with van der Waals surface area (Å²) in [6.07, 6.45) is 2.76. The molecule has 0 bridgehead atoms. The molecule has 2 saturated heterocycles. The summed E-state index contributed by atoms with van der Waals surface area (Å²) in [7, 11) is 0. The van der Waals surface area contributed by atoms with Gasteiger partial charge in [0.1, 0.15) is 5.60 Å². The molecule has 19 heavy (non-hydrogen) atoms. The highest BCUT2D eigenvalue weighted by Crippen LogP contribution is 2.27. The van der Waals surface area contributed by atoms with Crippen LogP contribution in [-0.2, 0) is 9.53 Å². The van der Waals surface area contributed by atoms with Gasteiger partial charge in [0, 0.05) is 38.8 Å². The summed E-state index contributed by atoms with van der Waals surface area (Å²) in [4.78, 5) is 16.7. The molecule has 2 fully saturated rings. The number of aliphatic hydroxyl groups is 1. The number of carbonyl (C=O) groups excluding carboxylic acids is 1. The fourth-order valence-corrected chi connectivity index (χ4v) is 3.08. The van der Waals surface area contributed by atoms with Gasteiger partial charge in [0.15, 0.2) is 0 Å². The zero-order valence-electron chi connectivity index (χ0n) is 12.1. The summed E-state index contributed by atoms with van der Waals surface area (Å²) in [5.74, 6) is 0.140. The Labute approximate surface area is 115 Å². The first-order valence-corrected chi connectivity index (χ1v) is 7.39. The largest absolute Gasteiger partial charge is 0.395 e. The monoisotopic (exact) mass is 270 g/mol. The second kappa shape index (κ2) is 6.20. The second-order valence-corrected chi connectivity index (χ2v) is 5.76. The molecule has 110 valence electrons. The van der Waals surface area contributed by atoms with E-state index in [0.717, 1.165) is 45.4 Å². The van der Waals surface area contributed by atoms with Crippen LogP contribution in [0.1, 0.15) is 33.1 Å². The van der Waals surface area contributed by atoms with Crippen LogP contribution in [0.2, 0.25) is 0 Å². The van der Waals surface area contributed by atoms with Crippen molar-refractivity contribution in [3.63, 3.8) is 0 Å². The van der Waals surface area contributed by atoms with Crippen LogP contribution in [0.4, 0.5) is 0 Å². The van der Waals surface area contributed by atoms with Crippen molar-refractivity contribution in [2.75, 3.05) is 39.4 Å². The molecule has 0 aliphatic carbocycles. The number of hydrogen-bond acceptors (Lipinski definition) is 4. The number of amides is 1. The summed E-state index contributed by atoms with van der Waals surface area (Å²) in [6.45, 7) is 8.09. The van der Waals surface area contributed by atoms with E-state index in [4.69, 9.17) is 4.74 Å². The molecule has 2 unspecified atom stereocenters. The van der Waals surface area contributed by atoms with E-state index < -0.39 is 5.60 Å². The maximum Gasteiger partial charge on any atom is 0.254 e. The maximum absolute atomic E-state index is 12.5. The minimum Gasteiger partial charge on any atom is -0.395 e. The molecule has 0 aromatic carbocycles. The van der Waals surface area contributed by atoms with Crippen molar-refractivity contribution in [3.8, 4) is 0 Å². The second-order valence-electron chi connectivity index (χ2n) is 5.76. The lowest BCUT2D eigenvalue weighted by molar-refractivity contribution is -0.153. The molecular formula is C14H26N2O3. The SMILES string of the molecule is CCC(CO)N1CCN(C(=O)C2(C)CCCO2)CC1. The van der Waals surface area contributed by atoms with Gasteiger partial charge in [-0.15, -0.1) is 0 Å².